The van der Waals surface area contributed by atoms with Crippen molar-refractivity contribution in [2.75, 3.05) is 13.2 Å². The lowest BCUT2D eigenvalue weighted by Gasteiger charge is -2.52. The predicted octanol–water partition coefficient (Wildman–Crippen LogP) is 3.11. The molecule has 0 radical (unpaired) electrons. The van der Waals surface area contributed by atoms with Crippen LogP contribution < -0.4 is 26.6 Å². The number of carbonyl (C=O) groups is 5. The van der Waals surface area contributed by atoms with E-state index in [2.05, 4.69) is 26.6 Å². The van der Waals surface area contributed by atoms with E-state index in [0.717, 1.165) is 0 Å². The predicted molar refractivity (Wildman–Crippen MR) is 244 cm³/mol. The Hall–Kier alpha value is -3.81. The third-order valence-corrected chi connectivity index (χ3v) is 11.0. The summed E-state index contributed by atoms with van der Waals surface area (Å²) < 4.78 is 59.7. The first-order chi connectivity index (χ1) is 31.6. The van der Waals surface area contributed by atoms with Crippen LogP contribution >= 0.6 is 0 Å². The van der Waals surface area contributed by atoms with E-state index in [-0.39, 0.29) is 32.1 Å². The minimum absolute atomic E-state index is 0.0784. The molecule has 3 heterocycles. The van der Waals surface area contributed by atoms with Crippen LogP contribution in [0.4, 0.5) is 19.2 Å². The molecular weight excluding hydrogens is 911 g/mol. The third-order valence-electron chi connectivity index (χ3n) is 11.0. The maximum Gasteiger partial charge on any atom is 0.408 e. The molecule has 8 N–H and O–H groups in total. The summed E-state index contributed by atoms with van der Waals surface area (Å²) in [7, 11) is 0. The van der Waals surface area contributed by atoms with E-state index in [0.29, 0.717) is 19.3 Å². The van der Waals surface area contributed by atoms with E-state index >= 15 is 0 Å². The lowest BCUT2D eigenvalue weighted by molar-refractivity contribution is -0.376. The minimum Gasteiger partial charge on any atom is -0.444 e. The number of nitrogens with one attached hydrogen (secondary N) is 5. The molecule has 0 aromatic carbocycles. The number of rotatable bonds is 13. The Labute approximate surface area is 405 Å². The minimum atomic E-state index is -1.83. The van der Waals surface area contributed by atoms with Gasteiger partial charge in [0.15, 0.2) is 18.4 Å². The number of carbonyl (C=O) groups excluding carboxylic acids is 5. The first-order valence-electron chi connectivity index (χ1n) is 23.9. The molecule has 5 amide bonds. The van der Waals surface area contributed by atoms with E-state index in [4.69, 9.17) is 47.4 Å². The highest BCUT2D eigenvalue weighted by atomic mass is 16.8. The van der Waals surface area contributed by atoms with Crippen LogP contribution in [0.25, 0.3) is 0 Å². The Morgan fingerprint density at radius 1 is 0.652 bits per heavy atom. The van der Waals surface area contributed by atoms with Crippen molar-refractivity contribution in [1.29, 1.82) is 0 Å². The summed E-state index contributed by atoms with van der Waals surface area (Å²) in [6.07, 6.45) is -15.8. The van der Waals surface area contributed by atoms with Gasteiger partial charge in [0, 0.05) is 6.54 Å². The van der Waals surface area contributed by atoms with Crippen LogP contribution in [0.2, 0.25) is 0 Å². The number of ether oxygens (including phenoxy) is 10. The summed E-state index contributed by atoms with van der Waals surface area (Å²) in [4.78, 5) is 66.1. The molecule has 0 aromatic rings. The zero-order valence-corrected chi connectivity index (χ0v) is 43.0. The smallest absolute Gasteiger partial charge is 0.408 e. The fraction of sp³-hybridized carbons (Fsp3) is 0.891. The van der Waals surface area contributed by atoms with Gasteiger partial charge in [-0.15, -0.1) is 0 Å². The molecule has 1 saturated carbocycles. The molecule has 23 nitrogen and oxygen atoms in total. The van der Waals surface area contributed by atoms with Gasteiger partial charge in [-0.1, -0.05) is 6.92 Å². The standard InChI is InChI=1S/C46H81N5O18/c1-16-23-17-18-24(49-39(57)67-43(5,6)7)36(61-23)63-33-26(50-40(58)68-44(8,9)10)21-25(48-35(55)27(52)19-20-47-38(56)66-42(2,3)4)32(31(33)54)64-37-30(53)29(51-41(59)69-45(11,12)13)34-28(62-37)22-60-46(14,15)65-34/h23-34,36-37,52-54H,16-22H2,1-15H3,(H,47,56)(H,48,55)(H,49,57)(H,50,58)(H,51,59)/t23?,24?,25-,26+,27+,28?,29-,30?,31?,32-,33?,34+,36+,37+/m1/s1. The molecule has 0 bridgehead atoms. The molecule has 23 heteroatoms. The van der Waals surface area contributed by atoms with Crippen LogP contribution in [-0.4, -0.2) is 173 Å². The molecule has 14 atom stereocenters. The molecule has 1 aliphatic carbocycles. The van der Waals surface area contributed by atoms with E-state index in [1.165, 1.54) is 0 Å². The lowest BCUT2D eigenvalue weighted by Crippen LogP contribution is -2.72. The molecule has 4 fully saturated rings. The topological polar surface area (TPSA) is 298 Å². The summed E-state index contributed by atoms with van der Waals surface area (Å²) in [6.45, 7) is 25.2. The monoisotopic (exact) mass is 992 g/mol. The van der Waals surface area contributed by atoms with Gasteiger partial charge >= 0.3 is 24.4 Å². The largest absolute Gasteiger partial charge is 0.444 e. The van der Waals surface area contributed by atoms with Crippen molar-refractivity contribution in [3.8, 4) is 0 Å². The number of aliphatic hydroxyl groups excluding tert-OH is 3. The SMILES string of the molecule is CCC1CCC(NC(=O)OC(C)(C)C)[C@H](OC2C(O)[C@H](O[C@@H]3OC4COC(C)(C)O[C@@H]4[C@H](NC(=O)OC(C)(C)C)C3O)[C@H](NC(=O)[C@@H](O)CCNC(=O)OC(C)(C)C)C[C@@H]2NC(=O)OC(C)(C)C)O1. The van der Waals surface area contributed by atoms with Crippen molar-refractivity contribution in [2.45, 2.75) is 250 Å². The zero-order valence-electron chi connectivity index (χ0n) is 43.0. The third kappa shape index (κ3) is 18.4. The average Bonchev–Trinajstić information content (AvgIpc) is 3.16. The second-order valence-electron chi connectivity index (χ2n) is 22.4. The Bertz CT molecular complexity index is 1740. The molecule has 3 aliphatic heterocycles. The second kappa shape index (κ2) is 23.2. The highest BCUT2D eigenvalue weighted by Crippen LogP contribution is 2.37. The van der Waals surface area contributed by atoms with Crippen LogP contribution in [0.5, 0.6) is 0 Å². The van der Waals surface area contributed by atoms with Crippen LogP contribution in [0.3, 0.4) is 0 Å². The van der Waals surface area contributed by atoms with E-state index < -0.39 is 138 Å². The Morgan fingerprint density at radius 2 is 1.14 bits per heavy atom. The van der Waals surface area contributed by atoms with Crippen LogP contribution in [0, 0.1) is 0 Å². The van der Waals surface area contributed by atoms with E-state index in [9.17, 15) is 39.3 Å². The van der Waals surface area contributed by atoms with Gasteiger partial charge in [-0.3, -0.25) is 4.79 Å². The maximum atomic E-state index is 13.9. The molecule has 0 spiro atoms. The van der Waals surface area contributed by atoms with Crippen molar-refractivity contribution in [2.24, 2.45) is 0 Å². The van der Waals surface area contributed by atoms with Crippen molar-refractivity contribution in [3.05, 3.63) is 0 Å². The molecule has 0 aromatic heterocycles. The van der Waals surface area contributed by atoms with Gasteiger partial charge in [-0.25, -0.2) is 19.2 Å². The van der Waals surface area contributed by atoms with Crippen molar-refractivity contribution < 1.29 is 86.7 Å². The summed E-state index contributed by atoms with van der Waals surface area (Å²) in [5.41, 5.74) is -3.52. The molecule has 6 unspecified atom stereocenters. The zero-order chi connectivity index (χ0) is 52.0. The van der Waals surface area contributed by atoms with Crippen LogP contribution in [0.1, 0.15) is 136 Å². The first kappa shape index (κ1) is 57.8. The highest BCUT2D eigenvalue weighted by Gasteiger charge is 2.56. The summed E-state index contributed by atoms with van der Waals surface area (Å²) in [6, 6.07) is -4.54. The number of aliphatic hydroxyl groups is 3. The Morgan fingerprint density at radius 3 is 1.68 bits per heavy atom. The summed E-state index contributed by atoms with van der Waals surface area (Å²) in [5, 5.41) is 49.3. The summed E-state index contributed by atoms with van der Waals surface area (Å²) in [5.74, 6) is -2.10. The summed E-state index contributed by atoms with van der Waals surface area (Å²) >= 11 is 0. The maximum absolute atomic E-state index is 13.9. The normalized spacial score (nSPS) is 32.2. The number of hydrogen-bond acceptors (Lipinski definition) is 18. The Balaban J connectivity index is 1.74. The fourth-order valence-corrected chi connectivity index (χ4v) is 8.10. The van der Waals surface area contributed by atoms with Crippen molar-refractivity contribution >= 4 is 30.3 Å². The average molecular weight is 992 g/mol. The van der Waals surface area contributed by atoms with Gasteiger partial charge in [0.2, 0.25) is 5.91 Å². The quantitative estimate of drug-likeness (QED) is 0.123. The number of hydrogen-bond donors (Lipinski definition) is 8. The molecule has 4 rings (SSSR count). The first-order valence-corrected chi connectivity index (χ1v) is 23.9. The fourth-order valence-electron chi connectivity index (χ4n) is 8.10. The highest BCUT2D eigenvalue weighted by molar-refractivity contribution is 5.81. The van der Waals surface area contributed by atoms with Crippen molar-refractivity contribution in [3.63, 3.8) is 0 Å². The van der Waals surface area contributed by atoms with Gasteiger partial charge in [-0.2, -0.15) is 0 Å². The molecular formula is C46H81N5O18. The van der Waals surface area contributed by atoms with Crippen LogP contribution in [-0.2, 0) is 52.2 Å². The molecule has 4 aliphatic rings. The Kier molecular flexibility index (Phi) is 19.4. The molecule has 398 valence electrons. The molecule has 69 heavy (non-hydrogen) atoms. The second-order valence-corrected chi connectivity index (χ2v) is 22.4. The van der Waals surface area contributed by atoms with Crippen molar-refractivity contribution in [1.82, 2.24) is 26.6 Å². The van der Waals surface area contributed by atoms with E-state index in [1.807, 2.05) is 6.92 Å². The van der Waals surface area contributed by atoms with Gasteiger partial charge < -0.3 is 89.3 Å². The number of amides is 5. The lowest BCUT2D eigenvalue weighted by atomic mass is 9.83. The van der Waals surface area contributed by atoms with Crippen LogP contribution in [0.15, 0.2) is 0 Å². The van der Waals surface area contributed by atoms with E-state index in [1.54, 1.807) is 96.9 Å². The molecule has 3 saturated heterocycles. The van der Waals surface area contributed by atoms with Gasteiger partial charge in [0.05, 0.1) is 36.9 Å². The van der Waals surface area contributed by atoms with Gasteiger partial charge in [-0.05, 0) is 129 Å². The van der Waals surface area contributed by atoms with Gasteiger partial charge in [0.1, 0.15) is 65.1 Å². The number of fused-ring (bicyclic) bond motifs is 1. The number of alkyl carbamates (subject to hydrolysis) is 4. The van der Waals surface area contributed by atoms with Gasteiger partial charge in [0.25, 0.3) is 0 Å².